The molecule has 0 aromatic carbocycles. The van der Waals surface area contributed by atoms with E-state index in [4.69, 9.17) is 4.98 Å². The molecule has 0 aliphatic carbocycles. The molecule has 0 amide bonds. The van der Waals surface area contributed by atoms with Gasteiger partial charge in [0.1, 0.15) is 5.82 Å². The molecule has 2 aliphatic rings. The van der Waals surface area contributed by atoms with Gasteiger partial charge in [0.2, 0.25) is 0 Å². The number of nitrogens with one attached hydrogen (secondary N) is 1. The van der Waals surface area contributed by atoms with Crippen molar-refractivity contribution in [2.45, 2.75) is 51.0 Å². The van der Waals surface area contributed by atoms with Gasteiger partial charge in [-0.15, -0.1) is 0 Å². The lowest BCUT2D eigenvalue weighted by Crippen LogP contribution is -2.27. The predicted octanol–water partition coefficient (Wildman–Crippen LogP) is 3.28. The van der Waals surface area contributed by atoms with E-state index in [1.165, 1.54) is 69.4 Å². The molecule has 2 saturated heterocycles. The van der Waals surface area contributed by atoms with E-state index in [9.17, 15) is 0 Å². The van der Waals surface area contributed by atoms with E-state index in [1.54, 1.807) is 0 Å². The maximum atomic E-state index is 4.71. The fourth-order valence-corrected chi connectivity index (χ4v) is 3.23. The monoisotopic (exact) mass is 259 g/mol. The topological polar surface area (TPSA) is 28.2 Å². The third-order valence-electron chi connectivity index (χ3n) is 4.41. The summed E-state index contributed by atoms with van der Waals surface area (Å²) in [5.41, 5.74) is 1.36. The summed E-state index contributed by atoms with van der Waals surface area (Å²) >= 11 is 0. The first-order chi connectivity index (χ1) is 9.43. The molecule has 1 N–H and O–H groups in total. The Hall–Kier alpha value is -1.09. The summed E-state index contributed by atoms with van der Waals surface area (Å²) in [6, 6.07) is 5.02. The van der Waals surface area contributed by atoms with Gasteiger partial charge in [-0.05, 0) is 43.9 Å². The standard InChI is InChI=1S/C16H25N3/c1-2-6-12-19(11-5-1)16-9-8-14(13-18-16)15-7-3-4-10-17-15/h8-9,13,15,17H,1-7,10-12H2/t15-/m1/s1. The molecule has 1 aromatic heterocycles. The highest BCUT2D eigenvalue weighted by molar-refractivity contribution is 5.40. The van der Waals surface area contributed by atoms with Crippen LogP contribution in [0.25, 0.3) is 0 Å². The average molecular weight is 259 g/mol. The van der Waals surface area contributed by atoms with Crippen LogP contribution in [0.3, 0.4) is 0 Å². The van der Waals surface area contributed by atoms with Crippen LogP contribution in [0.2, 0.25) is 0 Å². The van der Waals surface area contributed by atoms with Crippen molar-refractivity contribution in [3.8, 4) is 0 Å². The quantitative estimate of drug-likeness (QED) is 0.883. The third-order valence-corrected chi connectivity index (χ3v) is 4.41. The number of pyridine rings is 1. The van der Waals surface area contributed by atoms with E-state index in [0.717, 1.165) is 6.54 Å². The summed E-state index contributed by atoms with van der Waals surface area (Å²) in [6.45, 7) is 3.50. The number of hydrogen-bond donors (Lipinski definition) is 1. The molecule has 2 aliphatic heterocycles. The Balaban J connectivity index is 1.67. The first-order valence-corrected chi connectivity index (χ1v) is 7.88. The van der Waals surface area contributed by atoms with E-state index in [2.05, 4.69) is 28.5 Å². The van der Waals surface area contributed by atoms with Gasteiger partial charge in [-0.3, -0.25) is 0 Å². The van der Waals surface area contributed by atoms with Crippen LogP contribution < -0.4 is 10.2 Å². The lowest BCUT2D eigenvalue weighted by molar-refractivity contribution is 0.411. The Morgan fingerprint density at radius 3 is 2.47 bits per heavy atom. The molecule has 3 heterocycles. The van der Waals surface area contributed by atoms with Gasteiger partial charge in [-0.1, -0.05) is 25.3 Å². The molecule has 0 spiro atoms. The largest absolute Gasteiger partial charge is 0.357 e. The molecular formula is C16H25N3. The van der Waals surface area contributed by atoms with Crippen molar-refractivity contribution >= 4 is 5.82 Å². The molecule has 3 nitrogen and oxygen atoms in total. The molecule has 1 atom stereocenters. The molecular weight excluding hydrogens is 234 g/mol. The summed E-state index contributed by atoms with van der Waals surface area (Å²) < 4.78 is 0. The molecule has 1 aromatic rings. The van der Waals surface area contributed by atoms with E-state index in [-0.39, 0.29) is 0 Å². The van der Waals surface area contributed by atoms with Crippen LogP contribution in [0.4, 0.5) is 5.82 Å². The van der Waals surface area contributed by atoms with Crippen molar-refractivity contribution in [2.24, 2.45) is 0 Å². The van der Waals surface area contributed by atoms with Crippen LogP contribution >= 0.6 is 0 Å². The Labute approximate surface area is 116 Å². The Morgan fingerprint density at radius 1 is 1.00 bits per heavy atom. The Morgan fingerprint density at radius 2 is 1.84 bits per heavy atom. The van der Waals surface area contributed by atoms with Crippen molar-refractivity contribution < 1.29 is 0 Å². The number of hydrogen-bond acceptors (Lipinski definition) is 3. The molecule has 3 rings (SSSR count). The number of rotatable bonds is 2. The number of anilines is 1. The molecule has 19 heavy (non-hydrogen) atoms. The minimum absolute atomic E-state index is 0.527. The minimum atomic E-state index is 0.527. The van der Waals surface area contributed by atoms with Gasteiger partial charge >= 0.3 is 0 Å². The van der Waals surface area contributed by atoms with E-state index < -0.39 is 0 Å². The average Bonchev–Trinajstić information content (AvgIpc) is 2.77. The van der Waals surface area contributed by atoms with Gasteiger partial charge in [0.15, 0.2) is 0 Å². The van der Waals surface area contributed by atoms with Gasteiger partial charge in [-0.2, -0.15) is 0 Å². The van der Waals surface area contributed by atoms with Crippen LogP contribution in [-0.4, -0.2) is 24.6 Å². The smallest absolute Gasteiger partial charge is 0.128 e. The van der Waals surface area contributed by atoms with Crippen LogP contribution in [0.5, 0.6) is 0 Å². The highest BCUT2D eigenvalue weighted by atomic mass is 15.2. The SMILES string of the molecule is c1cc(N2CCCCCC2)ncc1[C@H]1CCCCN1. The second-order valence-electron chi connectivity index (χ2n) is 5.85. The van der Waals surface area contributed by atoms with Gasteiger partial charge < -0.3 is 10.2 Å². The number of aromatic nitrogens is 1. The summed E-state index contributed by atoms with van der Waals surface area (Å²) in [6.07, 6.45) is 11.4. The summed E-state index contributed by atoms with van der Waals surface area (Å²) in [7, 11) is 0. The van der Waals surface area contributed by atoms with Gasteiger partial charge in [-0.25, -0.2) is 4.98 Å². The maximum absolute atomic E-state index is 4.71. The minimum Gasteiger partial charge on any atom is -0.357 e. The van der Waals surface area contributed by atoms with E-state index in [0.29, 0.717) is 6.04 Å². The van der Waals surface area contributed by atoms with Crippen LogP contribution in [0.1, 0.15) is 56.6 Å². The van der Waals surface area contributed by atoms with Gasteiger partial charge in [0.05, 0.1) is 0 Å². The Bertz CT molecular complexity index is 373. The maximum Gasteiger partial charge on any atom is 0.128 e. The van der Waals surface area contributed by atoms with Crippen molar-refractivity contribution in [3.05, 3.63) is 23.9 Å². The normalized spacial score (nSPS) is 25.1. The van der Waals surface area contributed by atoms with Crippen molar-refractivity contribution in [2.75, 3.05) is 24.5 Å². The molecule has 0 bridgehead atoms. The molecule has 0 radical (unpaired) electrons. The number of nitrogens with zero attached hydrogens (tertiary/aromatic N) is 2. The van der Waals surface area contributed by atoms with Gasteiger partial charge in [0.25, 0.3) is 0 Å². The summed E-state index contributed by atoms with van der Waals surface area (Å²) in [4.78, 5) is 7.15. The second-order valence-corrected chi connectivity index (χ2v) is 5.85. The van der Waals surface area contributed by atoms with E-state index in [1.807, 2.05) is 0 Å². The fourth-order valence-electron chi connectivity index (χ4n) is 3.23. The molecule has 0 unspecified atom stereocenters. The van der Waals surface area contributed by atoms with Crippen molar-refractivity contribution in [1.82, 2.24) is 10.3 Å². The van der Waals surface area contributed by atoms with Gasteiger partial charge in [0, 0.05) is 25.3 Å². The predicted molar refractivity (Wildman–Crippen MR) is 79.5 cm³/mol. The van der Waals surface area contributed by atoms with Crippen LogP contribution in [0.15, 0.2) is 18.3 Å². The van der Waals surface area contributed by atoms with E-state index >= 15 is 0 Å². The summed E-state index contributed by atoms with van der Waals surface area (Å²) in [5, 5.41) is 3.59. The van der Waals surface area contributed by atoms with Crippen molar-refractivity contribution in [3.63, 3.8) is 0 Å². The highest BCUT2D eigenvalue weighted by Crippen LogP contribution is 2.24. The van der Waals surface area contributed by atoms with Crippen LogP contribution in [0, 0.1) is 0 Å². The fraction of sp³-hybridized carbons (Fsp3) is 0.688. The van der Waals surface area contributed by atoms with Crippen LogP contribution in [-0.2, 0) is 0 Å². The Kier molecular flexibility index (Phi) is 4.34. The lowest BCUT2D eigenvalue weighted by atomic mass is 9.99. The molecule has 0 saturated carbocycles. The lowest BCUT2D eigenvalue weighted by Gasteiger charge is -2.25. The molecule has 104 valence electrons. The first kappa shape index (κ1) is 12.9. The molecule has 3 heteroatoms. The molecule has 2 fully saturated rings. The third kappa shape index (κ3) is 3.27. The zero-order valence-electron chi connectivity index (χ0n) is 11.8. The van der Waals surface area contributed by atoms with Crippen molar-refractivity contribution in [1.29, 1.82) is 0 Å². The second kappa shape index (κ2) is 6.38. The number of piperidine rings is 1. The highest BCUT2D eigenvalue weighted by Gasteiger charge is 2.16. The first-order valence-electron chi connectivity index (χ1n) is 7.88. The zero-order valence-corrected chi connectivity index (χ0v) is 11.8. The zero-order chi connectivity index (χ0) is 12.9. The summed E-state index contributed by atoms with van der Waals surface area (Å²) in [5.74, 6) is 1.17.